The predicted octanol–water partition coefficient (Wildman–Crippen LogP) is 6.05. The zero-order chi connectivity index (χ0) is 22.7. The SMILES string of the molecule is CCNCC(C)CCC1OC2CC3C4CCC5CC(O)CCC5(C)C4CCC3(C)C2C1C. The van der Waals surface area contributed by atoms with E-state index in [1.807, 2.05) is 0 Å². The molecule has 0 aromatic rings. The smallest absolute Gasteiger partial charge is 0.0618 e. The van der Waals surface area contributed by atoms with E-state index in [2.05, 4.69) is 39.9 Å². The highest BCUT2D eigenvalue weighted by Crippen LogP contribution is 2.70. The number of aliphatic hydroxyl groups excluding tert-OH is 1. The normalized spacial score (nSPS) is 53.2. The molecule has 12 atom stereocenters. The number of fused-ring (bicyclic) bond motifs is 7. The van der Waals surface area contributed by atoms with Crippen LogP contribution in [-0.4, -0.2) is 36.5 Å². The van der Waals surface area contributed by atoms with Crippen LogP contribution < -0.4 is 5.32 Å². The quantitative estimate of drug-likeness (QED) is 0.523. The Labute approximate surface area is 197 Å². The van der Waals surface area contributed by atoms with Gasteiger partial charge < -0.3 is 15.2 Å². The fraction of sp³-hybridized carbons (Fsp3) is 1.00. The molecule has 5 aliphatic rings. The maximum atomic E-state index is 10.3. The van der Waals surface area contributed by atoms with E-state index < -0.39 is 0 Å². The molecule has 1 saturated heterocycles. The van der Waals surface area contributed by atoms with Crippen LogP contribution in [0.15, 0.2) is 0 Å². The highest BCUT2D eigenvalue weighted by molar-refractivity contribution is 5.14. The molecule has 32 heavy (non-hydrogen) atoms. The molecule has 4 saturated carbocycles. The largest absolute Gasteiger partial charge is 0.393 e. The minimum atomic E-state index is -0.0315. The van der Waals surface area contributed by atoms with Crippen molar-refractivity contribution in [3.63, 3.8) is 0 Å². The summed E-state index contributed by atoms with van der Waals surface area (Å²) in [6.07, 6.45) is 13.8. The van der Waals surface area contributed by atoms with E-state index in [1.165, 1.54) is 51.4 Å². The van der Waals surface area contributed by atoms with Crippen LogP contribution in [0.4, 0.5) is 0 Å². The molecule has 0 bridgehead atoms. The third kappa shape index (κ3) is 3.72. The molecule has 0 spiro atoms. The van der Waals surface area contributed by atoms with Gasteiger partial charge in [-0.2, -0.15) is 0 Å². The molecular formula is C29H51NO2. The van der Waals surface area contributed by atoms with Gasteiger partial charge in [0.1, 0.15) is 0 Å². The van der Waals surface area contributed by atoms with E-state index in [-0.39, 0.29) is 6.10 Å². The average molecular weight is 446 g/mol. The Hall–Kier alpha value is -0.120. The van der Waals surface area contributed by atoms with Crippen LogP contribution in [0.5, 0.6) is 0 Å². The molecule has 3 nitrogen and oxygen atoms in total. The minimum absolute atomic E-state index is 0.0315. The Morgan fingerprint density at radius 1 is 1.03 bits per heavy atom. The van der Waals surface area contributed by atoms with E-state index >= 15 is 0 Å². The number of hydrogen-bond donors (Lipinski definition) is 2. The Morgan fingerprint density at radius 3 is 2.59 bits per heavy atom. The predicted molar refractivity (Wildman–Crippen MR) is 131 cm³/mol. The molecule has 4 aliphatic carbocycles. The van der Waals surface area contributed by atoms with Crippen molar-refractivity contribution in [3.8, 4) is 0 Å². The van der Waals surface area contributed by atoms with Crippen molar-refractivity contribution in [2.24, 2.45) is 52.3 Å². The summed E-state index contributed by atoms with van der Waals surface area (Å²) in [7, 11) is 0. The van der Waals surface area contributed by atoms with Crippen molar-refractivity contribution in [1.29, 1.82) is 0 Å². The van der Waals surface area contributed by atoms with Crippen molar-refractivity contribution >= 4 is 0 Å². The lowest BCUT2D eigenvalue weighted by Crippen LogP contribution is -2.54. The van der Waals surface area contributed by atoms with Gasteiger partial charge in [-0.15, -0.1) is 0 Å². The second-order valence-electron chi connectivity index (χ2n) is 13.5. The van der Waals surface area contributed by atoms with Gasteiger partial charge in [-0.1, -0.05) is 34.6 Å². The molecule has 184 valence electrons. The molecular weight excluding hydrogens is 394 g/mol. The summed E-state index contributed by atoms with van der Waals surface area (Å²) in [5.74, 6) is 5.68. The van der Waals surface area contributed by atoms with Crippen molar-refractivity contribution in [1.82, 2.24) is 5.32 Å². The topological polar surface area (TPSA) is 41.5 Å². The zero-order valence-corrected chi connectivity index (χ0v) is 21.6. The van der Waals surface area contributed by atoms with Crippen LogP contribution in [0.2, 0.25) is 0 Å². The number of nitrogens with one attached hydrogen (secondary N) is 1. The molecule has 0 radical (unpaired) electrons. The van der Waals surface area contributed by atoms with Crippen molar-refractivity contribution in [3.05, 3.63) is 0 Å². The van der Waals surface area contributed by atoms with Crippen LogP contribution >= 0.6 is 0 Å². The maximum absolute atomic E-state index is 10.3. The minimum Gasteiger partial charge on any atom is -0.393 e. The zero-order valence-electron chi connectivity index (χ0n) is 21.6. The molecule has 0 aromatic heterocycles. The van der Waals surface area contributed by atoms with Gasteiger partial charge in [0.05, 0.1) is 18.3 Å². The monoisotopic (exact) mass is 445 g/mol. The summed E-state index contributed by atoms with van der Waals surface area (Å²) >= 11 is 0. The van der Waals surface area contributed by atoms with E-state index in [0.29, 0.717) is 23.0 Å². The fourth-order valence-electron chi connectivity index (χ4n) is 10.2. The Kier molecular flexibility index (Phi) is 6.52. The van der Waals surface area contributed by atoms with E-state index in [4.69, 9.17) is 4.74 Å². The number of rotatable bonds is 6. The highest BCUT2D eigenvalue weighted by atomic mass is 16.5. The summed E-state index contributed by atoms with van der Waals surface area (Å²) in [6.45, 7) is 14.6. The molecule has 0 amide bonds. The van der Waals surface area contributed by atoms with Crippen LogP contribution in [0.1, 0.15) is 98.8 Å². The first kappa shape index (κ1) is 23.6. The summed E-state index contributed by atoms with van der Waals surface area (Å²) in [4.78, 5) is 0. The standard InChI is InChI=1S/C29H51NO2/c1-6-30-17-18(2)7-10-25-19(3)27-26(32-25)16-24-22-9-8-20-15-21(31)11-13-28(20,4)23(22)12-14-29(24,27)5/h18-27,30-31H,6-17H2,1-5H3. The van der Waals surface area contributed by atoms with Gasteiger partial charge in [-0.05, 0) is 130 Å². The molecule has 3 heteroatoms. The third-order valence-electron chi connectivity index (χ3n) is 11.9. The Morgan fingerprint density at radius 2 is 1.81 bits per heavy atom. The van der Waals surface area contributed by atoms with Crippen molar-refractivity contribution in [2.75, 3.05) is 13.1 Å². The van der Waals surface area contributed by atoms with Gasteiger partial charge in [-0.25, -0.2) is 0 Å². The van der Waals surface area contributed by atoms with Gasteiger partial charge in [-0.3, -0.25) is 0 Å². The fourth-order valence-corrected chi connectivity index (χ4v) is 10.2. The maximum Gasteiger partial charge on any atom is 0.0618 e. The first-order valence-corrected chi connectivity index (χ1v) is 14.3. The van der Waals surface area contributed by atoms with Gasteiger partial charge in [0, 0.05) is 0 Å². The van der Waals surface area contributed by atoms with E-state index in [0.717, 1.165) is 67.4 Å². The molecule has 5 fully saturated rings. The van der Waals surface area contributed by atoms with Crippen LogP contribution in [-0.2, 0) is 4.74 Å². The van der Waals surface area contributed by atoms with Gasteiger partial charge in [0.2, 0.25) is 0 Å². The summed E-state index contributed by atoms with van der Waals surface area (Å²) < 4.78 is 6.88. The van der Waals surface area contributed by atoms with Crippen LogP contribution in [0.3, 0.4) is 0 Å². The first-order chi connectivity index (χ1) is 15.3. The number of aliphatic hydroxyl groups is 1. The molecule has 1 heterocycles. The van der Waals surface area contributed by atoms with Crippen LogP contribution in [0, 0.1) is 52.3 Å². The van der Waals surface area contributed by atoms with E-state index in [1.54, 1.807) is 0 Å². The summed E-state index contributed by atoms with van der Waals surface area (Å²) in [6, 6.07) is 0. The Bertz CT molecular complexity index is 668. The lowest BCUT2D eigenvalue weighted by Gasteiger charge is -2.61. The average Bonchev–Trinajstić information content (AvgIpc) is 3.24. The van der Waals surface area contributed by atoms with Crippen molar-refractivity contribution < 1.29 is 9.84 Å². The van der Waals surface area contributed by atoms with Gasteiger partial charge in [0.15, 0.2) is 0 Å². The lowest BCUT2D eigenvalue weighted by atomic mass is 9.44. The molecule has 2 N–H and O–H groups in total. The molecule has 0 aromatic carbocycles. The summed E-state index contributed by atoms with van der Waals surface area (Å²) in [5.41, 5.74) is 0.978. The Balaban J connectivity index is 1.26. The summed E-state index contributed by atoms with van der Waals surface area (Å²) in [5, 5.41) is 13.8. The second-order valence-corrected chi connectivity index (χ2v) is 13.5. The molecule has 1 aliphatic heterocycles. The second kappa shape index (κ2) is 8.83. The van der Waals surface area contributed by atoms with Gasteiger partial charge >= 0.3 is 0 Å². The van der Waals surface area contributed by atoms with Crippen LogP contribution in [0.25, 0.3) is 0 Å². The third-order valence-corrected chi connectivity index (χ3v) is 11.9. The first-order valence-electron chi connectivity index (χ1n) is 14.3. The highest BCUT2D eigenvalue weighted by Gasteiger charge is 2.65. The number of ether oxygens (including phenoxy) is 1. The molecule has 12 unspecified atom stereocenters. The molecule has 5 rings (SSSR count). The van der Waals surface area contributed by atoms with Crippen molar-refractivity contribution in [2.45, 2.75) is 117 Å². The van der Waals surface area contributed by atoms with Gasteiger partial charge in [0.25, 0.3) is 0 Å². The number of hydrogen-bond acceptors (Lipinski definition) is 3. The lowest BCUT2D eigenvalue weighted by molar-refractivity contribution is -0.130. The van der Waals surface area contributed by atoms with E-state index in [9.17, 15) is 5.11 Å².